The Balaban J connectivity index is 2.55. The van der Waals surface area contributed by atoms with E-state index in [0.29, 0.717) is 15.8 Å². The number of halogens is 2. The summed E-state index contributed by atoms with van der Waals surface area (Å²) in [5.74, 6) is -0.0853. The van der Waals surface area contributed by atoms with E-state index >= 15 is 0 Å². The molecule has 1 atom stereocenters. The number of hydrogen-bond donors (Lipinski definition) is 1. The van der Waals surface area contributed by atoms with Gasteiger partial charge in [-0.25, -0.2) is 4.39 Å². The monoisotopic (exact) mass is 338 g/mol. The van der Waals surface area contributed by atoms with Crippen molar-refractivity contribution in [2.24, 2.45) is 0 Å². The van der Waals surface area contributed by atoms with Crippen molar-refractivity contribution in [3.05, 3.63) is 62.9 Å². The van der Waals surface area contributed by atoms with E-state index in [1.54, 1.807) is 6.07 Å². The Labute approximate surface area is 126 Å². The first-order chi connectivity index (χ1) is 9.45. The Morgan fingerprint density at radius 3 is 2.55 bits per heavy atom. The summed E-state index contributed by atoms with van der Waals surface area (Å²) in [6.45, 7) is 3.95. The minimum atomic E-state index is -0.859. The molecule has 0 amide bonds. The number of rotatable bonds is 3. The quantitative estimate of drug-likeness (QED) is 0.904. The second-order valence-corrected chi connectivity index (χ2v) is 5.55. The van der Waals surface area contributed by atoms with Crippen molar-refractivity contribution in [1.29, 1.82) is 0 Å². The standard InChI is InChI=1S/C16H16BrFO2/c1-9-5-4-6-11(10(9)2)16(19)12-7-13(17)14(18)8-15(12)20-3/h4-8,16,19H,1-3H3. The molecule has 0 aliphatic rings. The number of hydrogen-bond acceptors (Lipinski definition) is 2. The summed E-state index contributed by atoms with van der Waals surface area (Å²) in [5.41, 5.74) is 3.44. The molecule has 0 saturated carbocycles. The molecule has 0 aromatic heterocycles. The SMILES string of the molecule is COc1cc(F)c(Br)cc1C(O)c1cccc(C)c1C. The lowest BCUT2D eigenvalue weighted by Crippen LogP contribution is -2.06. The van der Waals surface area contributed by atoms with Crippen LogP contribution in [0.3, 0.4) is 0 Å². The van der Waals surface area contributed by atoms with Crippen LogP contribution in [0.5, 0.6) is 5.75 Å². The maximum atomic E-state index is 13.5. The van der Waals surface area contributed by atoms with Gasteiger partial charge in [-0.2, -0.15) is 0 Å². The van der Waals surface area contributed by atoms with E-state index in [1.165, 1.54) is 13.2 Å². The number of methoxy groups -OCH3 is 1. The van der Waals surface area contributed by atoms with Gasteiger partial charge in [0.05, 0.1) is 11.6 Å². The third kappa shape index (κ3) is 2.72. The lowest BCUT2D eigenvalue weighted by Gasteiger charge is -2.18. The molecule has 1 N–H and O–H groups in total. The van der Waals surface area contributed by atoms with Crippen LogP contribution in [0.2, 0.25) is 0 Å². The minimum absolute atomic E-state index is 0.303. The van der Waals surface area contributed by atoms with Crippen molar-refractivity contribution in [2.75, 3.05) is 7.11 Å². The second kappa shape index (κ2) is 5.94. The van der Waals surface area contributed by atoms with Gasteiger partial charge in [0.25, 0.3) is 0 Å². The molecule has 0 spiro atoms. The summed E-state index contributed by atoms with van der Waals surface area (Å²) in [6.07, 6.45) is -0.859. The lowest BCUT2D eigenvalue weighted by atomic mass is 9.94. The van der Waals surface area contributed by atoms with E-state index in [2.05, 4.69) is 15.9 Å². The molecule has 2 nitrogen and oxygen atoms in total. The van der Waals surface area contributed by atoms with Crippen LogP contribution in [0, 0.1) is 19.7 Å². The van der Waals surface area contributed by atoms with Gasteiger partial charge in [-0.1, -0.05) is 18.2 Å². The number of aliphatic hydroxyl groups excluding tert-OH is 1. The maximum Gasteiger partial charge on any atom is 0.141 e. The highest BCUT2D eigenvalue weighted by Gasteiger charge is 2.20. The lowest BCUT2D eigenvalue weighted by molar-refractivity contribution is 0.213. The number of benzene rings is 2. The molecule has 1 unspecified atom stereocenters. The molecular weight excluding hydrogens is 323 g/mol. The number of ether oxygens (including phenoxy) is 1. The smallest absolute Gasteiger partial charge is 0.141 e. The van der Waals surface area contributed by atoms with E-state index in [0.717, 1.165) is 16.7 Å². The fourth-order valence-electron chi connectivity index (χ4n) is 2.17. The van der Waals surface area contributed by atoms with Gasteiger partial charge in [-0.3, -0.25) is 0 Å². The molecule has 4 heteroatoms. The van der Waals surface area contributed by atoms with Gasteiger partial charge in [0, 0.05) is 11.6 Å². The van der Waals surface area contributed by atoms with Crippen molar-refractivity contribution in [3.8, 4) is 5.75 Å². The van der Waals surface area contributed by atoms with Crippen LogP contribution in [-0.4, -0.2) is 12.2 Å². The Morgan fingerprint density at radius 2 is 1.90 bits per heavy atom. The highest BCUT2D eigenvalue weighted by atomic mass is 79.9. The van der Waals surface area contributed by atoms with Gasteiger partial charge in [0.2, 0.25) is 0 Å². The normalized spacial score (nSPS) is 12.3. The molecule has 0 heterocycles. The second-order valence-electron chi connectivity index (χ2n) is 4.70. The predicted molar refractivity (Wildman–Crippen MR) is 80.6 cm³/mol. The minimum Gasteiger partial charge on any atom is -0.496 e. The van der Waals surface area contributed by atoms with Crippen molar-refractivity contribution < 1.29 is 14.2 Å². The average Bonchev–Trinajstić information content (AvgIpc) is 2.43. The van der Waals surface area contributed by atoms with Crippen LogP contribution in [0.1, 0.15) is 28.4 Å². The van der Waals surface area contributed by atoms with Gasteiger partial charge in [0.1, 0.15) is 17.7 Å². The summed E-state index contributed by atoms with van der Waals surface area (Å²) < 4.78 is 19.0. The molecule has 106 valence electrons. The van der Waals surface area contributed by atoms with Gasteiger partial charge < -0.3 is 9.84 Å². The van der Waals surface area contributed by atoms with E-state index < -0.39 is 11.9 Å². The van der Waals surface area contributed by atoms with Crippen LogP contribution < -0.4 is 4.74 Å². The molecule has 2 aromatic carbocycles. The van der Waals surface area contributed by atoms with Crippen molar-refractivity contribution >= 4 is 15.9 Å². The molecule has 0 saturated heterocycles. The summed E-state index contributed by atoms with van der Waals surface area (Å²) in [6, 6.07) is 8.58. The first-order valence-electron chi connectivity index (χ1n) is 6.22. The molecular formula is C16H16BrFO2. The molecule has 0 radical (unpaired) electrons. The third-order valence-corrected chi connectivity index (χ3v) is 4.12. The largest absolute Gasteiger partial charge is 0.496 e. The van der Waals surface area contributed by atoms with E-state index in [9.17, 15) is 9.50 Å². The molecule has 0 aliphatic carbocycles. The zero-order valence-corrected chi connectivity index (χ0v) is 13.2. The van der Waals surface area contributed by atoms with Crippen LogP contribution in [0.25, 0.3) is 0 Å². The Kier molecular flexibility index (Phi) is 4.45. The molecule has 0 aliphatic heterocycles. The van der Waals surface area contributed by atoms with E-state index in [-0.39, 0.29) is 0 Å². The van der Waals surface area contributed by atoms with E-state index in [4.69, 9.17) is 4.74 Å². The van der Waals surface area contributed by atoms with Gasteiger partial charge in [0.15, 0.2) is 0 Å². The van der Waals surface area contributed by atoms with Crippen molar-refractivity contribution in [3.63, 3.8) is 0 Å². The summed E-state index contributed by atoms with van der Waals surface area (Å²) in [5, 5.41) is 10.6. The molecule has 20 heavy (non-hydrogen) atoms. The van der Waals surface area contributed by atoms with Gasteiger partial charge >= 0.3 is 0 Å². The predicted octanol–water partition coefficient (Wildman–Crippen LogP) is 4.30. The third-order valence-electron chi connectivity index (χ3n) is 3.51. The number of aryl methyl sites for hydroxylation is 1. The van der Waals surface area contributed by atoms with E-state index in [1.807, 2.05) is 32.0 Å². The maximum absolute atomic E-state index is 13.5. The van der Waals surface area contributed by atoms with Crippen molar-refractivity contribution in [2.45, 2.75) is 20.0 Å². The molecule has 2 rings (SSSR count). The van der Waals surface area contributed by atoms with Crippen LogP contribution in [0.4, 0.5) is 4.39 Å². The van der Waals surface area contributed by atoms with Crippen LogP contribution >= 0.6 is 15.9 Å². The van der Waals surface area contributed by atoms with Crippen LogP contribution in [0.15, 0.2) is 34.8 Å². The zero-order valence-electron chi connectivity index (χ0n) is 11.6. The molecule has 0 fully saturated rings. The van der Waals surface area contributed by atoms with Gasteiger partial charge in [-0.05, 0) is 52.5 Å². The Bertz CT molecular complexity index is 641. The topological polar surface area (TPSA) is 29.5 Å². The summed E-state index contributed by atoms with van der Waals surface area (Å²) >= 11 is 3.14. The van der Waals surface area contributed by atoms with Gasteiger partial charge in [-0.15, -0.1) is 0 Å². The summed E-state index contributed by atoms with van der Waals surface area (Å²) in [7, 11) is 1.46. The van der Waals surface area contributed by atoms with Crippen molar-refractivity contribution in [1.82, 2.24) is 0 Å². The first-order valence-corrected chi connectivity index (χ1v) is 7.02. The highest BCUT2D eigenvalue weighted by molar-refractivity contribution is 9.10. The zero-order chi connectivity index (χ0) is 14.9. The number of aliphatic hydroxyl groups is 1. The Morgan fingerprint density at radius 1 is 1.20 bits per heavy atom. The molecule has 2 aromatic rings. The first kappa shape index (κ1) is 15.0. The Hall–Kier alpha value is -1.39. The highest BCUT2D eigenvalue weighted by Crippen LogP contribution is 2.35. The fourth-order valence-corrected chi connectivity index (χ4v) is 2.53. The fraction of sp³-hybridized carbons (Fsp3) is 0.250. The average molecular weight is 339 g/mol. The molecule has 0 bridgehead atoms. The van der Waals surface area contributed by atoms with Crippen LogP contribution in [-0.2, 0) is 0 Å². The summed E-state index contributed by atoms with van der Waals surface area (Å²) in [4.78, 5) is 0.